The molecular formula is C52H58N8O8. The van der Waals surface area contributed by atoms with Crippen LogP contribution < -0.4 is 15.4 Å². The largest absolute Gasteiger partial charge is 0.488 e. The number of hydrogen-bond acceptors (Lipinski definition) is 10. The van der Waals surface area contributed by atoms with Crippen LogP contribution in [0.25, 0.3) is 44.2 Å². The van der Waals surface area contributed by atoms with Crippen molar-refractivity contribution in [2.45, 2.75) is 83.1 Å². The molecule has 0 bridgehead atoms. The Hall–Kier alpha value is -6.94. The van der Waals surface area contributed by atoms with Gasteiger partial charge in [-0.25, -0.2) is 19.6 Å². The van der Waals surface area contributed by atoms with Gasteiger partial charge in [0.25, 0.3) is 5.91 Å². The number of carbonyl (C=O) groups is 4. The van der Waals surface area contributed by atoms with Crippen LogP contribution in [0, 0.1) is 17.8 Å². The predicted molar refractivity (Wildman–Crippen MR) is 254 cm³/mol. The van der Waals surface area contributed by atoms with Crippen LogP contribution in [0.5, 0.6) is 5.75 Å². The van der Waals surface area contributed by atoms with Gasteiger partial charge in [-0.3, -0.25) is 9.59 Å². The third-order valence-corrected chi connectivity index (χ3v) is 14.3. The predicted octanol–water partition coefficient (Wildman–Crippen LogP) is 8.51. The van der Waals surface area contributed by atoms with Crippen LogP contribution in [0.3, 0.4) is 0 Å². The van der Waals surface area contributed by atoms with E-state index < -0.39 is 24.3 Å². The van der Waals surface area contributed by atoms with E-state index in [2.05, 4.69) is 57.0 Å². The van der Waals surface area contributed by atoms with Crippen molar-refractivity contribution >= 4 is 45.8 Å². The first kappa shape index (κ1) is 44.9. The van der Waals surface area contributed by atoms with Crippen LogP contribution >= 0.6 is 0 Å². The van der Waals surface area contributed by atoms with Gasteiger partial charge in [0.15, 0.2) is 0 Å². The van der Waals surface area contributed by atoms with Crippen LogP contribution in [-0.4, -0.2) is 100 Å². The van der Waals surface area contributed by atoms with Gasteiger partial charge in [0.2, 0.25) is 5.91 Å². The molecule has 16 heteroatoms. The number of benzene rings is 4. The zero-order chi connectivity index (χ0) is 47.1. The molecule has 0 radical (unpaired) electrons. The average Bonchev–Trinajstić information content (AvgIpc) is 4.19. The molecule has 4 amide bonds. The molecule has 4 N–H and O–H groups in total. The monoisotopic (exact) mass is 922 g/mol. The van der Waals surface area contributed by atoms with Gasteiger partial charge >= 0.3 is 12.2 Å². The minimum atomic E-state index is -0.951. The van der Waals surface area contributed by atoms with E-state index in [0.29, 0.717) is 55.9 Å². The molecule has 10 rings (SSSR count). The topological polar surface area (TPSA) is 193 Å². The van der Waals surface area contributed by atoms with Crippen molar-refractivity contribution in [2.75, 3.05) is 40.5 Å². The molecule has 5 heterocycles. The lowest BCUT2D eigenvalue weighted by Crippen LogP contribution is -2.51. The molecule has 3 aliphatic heterocycles. The highest BCUT2D eigenvalue weighted by Gasteiger charge is 2.42. The summed E-state index contributed by atoms with van der Waals surface area (Å²) >= 11 is 0. The number of rotatable bonds is 13. The summed E-state index contributed by atoms with van der Waals surface area (Å²) < 4.78 is 22.5. The van der Waals surface area contributed by atoms with E-state index in [9.17, 15) is 19.2 Å². The second-order valence-corrected chi connectivity index (χ2v) is 19.0. The molecule has 2 saturated heterocycles. The summed E-state index contributed by atoms with van der Waals surface area (Å²) in [5.74, 6) is 2.30. The highest BCUT2D eigenvalue weighted by atomic mass is 16.5. The van der Waals surface area contributed by atoms with Crippen molar-refractivity contribution in [3.63, 3.8) is 0 Å². The maximum Gasteiger partial charge on any atom is 0.407 e. The molecule has 68 heavy (non-hydrogen) atoms. The number of carbonyl (C=O) groups excluding carboxylic acids is 4. The maximum absolute atomic E-state index is 14.6. The molecule has 1 aliphatic carbocycles. The van der Waals surface area contributed by atoms with Crippen LogP contribution in [0.1, 0.15) is 93.3 Å². The lowest BCUT2D eigenvalue weighted by Gasteiger charge is -2.30. The van der Waals surface area contributed by atoms with Crippen molar-refractivity contribution in [1.82, 2.24) is 40.4 Å². The second-order valence-electron chi connectivity index (χ2n) is 19.0. The highest BCUT2D eigenvalue weighted by Crippen LogP contribution is 2.44. The Morgan fingerprint density at radius 3 is 2.37 bits per heavy atom. The van der Waals surface area contributed by atoms with E-state index >= 15 is 0 Å². The molecule has 4 aliphatic rings. The van der Waals surface area contributed by atoms with E-state index in [1.54, 1.807) is 0 Å². The van der Waals surface area contributed by atoms with Crippen LogP contribution in [-0.2, 0) is 30.4 Å². The smallest absolute Gasteiger partial charge is 0.407 e. The molecule has 16 nitrogen and oxygen atoms in total. The molecule has 6 aromatic rings. The molecule has 3 fully saturated rings. The van der Waals surface area contributed by atoms with Gasteiger partial charge in [0, 0.05) is 36.6 Å². The molecule has 2 aromatic heterocycles. The summed E-state index contributed by atoms with van der Waals surface area (Å²) in [6, 6.07) is 21.6. The summed E-state index contributed by atoms with van der Waals surface area (Å²) in [6.07, 6.45) is 6.38. The lowest BCUT2D eigenvalue weighted by atomic mass is 9.86. The number of nitrogens with one attached hydrogen (secondary N) is 4. The Balaban J connectivity index is 0.908. The Morgan fingerprint density at radius 1 is 0.809 bits per heavy atom. The molecule has 1 saturated carbocycles. The van der Waals surface area contributed by atoms with E-state index in [1.807, 2.05) is 66.2 Å². The van der Waals surface area contributed by atoms with Crippen molar-refractivity contribution in [1.29, 1.82) is 0 Å². The Morgan fingerprint density at radius 2 is 1.60 bits per heavy atom. The standard InChI is InChI=1S/C52H58N8O8/c1-29(2)44(57-51(63)65-3)49(61)59-19-9-14-41(59)47-53-24-40(55-47)34-15-17-36-35(21-34)28-68-43-23-37-33(22-38(36)43)16-18-39-46(37)56-48(54-39)42-20-31(27-67-26-30-10-8-11-30)25-60(42)50(62)45(58-52(64)66-4)32-12-6-5-7-13-32/h5-7,12-13,15-18,21-24,29-31,41-42,44-45H,8-11,14,19-20,25-28H2,1-4H3,(H,53,55)(H,54,56)(H,57,63)(H,58,64)/t31-,41+,42+,44+,45-/m1/s1. The van der Waals surface area contributed by atoms with Crippen molar-refractivity contribution in [3.05, 3.63) is 102 Å². The van der Waals surface area contributed by atoms with Gasteiger partial charge in [-0.15, -0.1) is 0 Å². The normalized spacial score (nSPS) is 19.8. The van der Waals surface area contributed by atoms with Gasteiger partial charge in [-0.1, -0.05) is 68.8 Å². The quantitative estimate of drug-likeness (QED) is 0.0873. The molecule has 354 valence electrons. The van der Waals surface area contributed by atoms with E-state index in [0.717, 1.165) is 75.0 Å². The maximum atomic E-state index is 14.6. The van der Waals surface area contributed by atoms with Crippen molar-refractivity contribution in [2.24, 2.45) is 17.8 Å². The number of ether oxygens (including phenoxy) is 4. The number of aromatic nitrogens is 4. The summed E-state index contributed by atoms with van der Waals surface area (Å²) in [5.41, 5.74) is 7.17. The number of fused-ring (bicyclic) bond motifs is 6. The van der Waals surface area contributed by atoms with Gasteiger partial charge in [-0.05, 0) is 95.8 Å². The fourth-order valence-corrected chi connectivity index (χ4v) is 10.4. The minimum absolute atomic E-state index is 0.0778. The first-order chi connectivity index (χ1) is 33.1. The number of H-pyrrole nitrogens is 2. The van der Waals surface area contributed by atoms with E-state index in [4.69, 9.17) is 28.9 Å². The van der Waals surface area contributed by atoms with Crippen molar-refractivity contribution in [3.8, 4) is 28.1 Å². The molecule has 0 unspecified atom stereocenters. The SMILES string of the molecule is COC(=O)N[C@H](C(=O)N1CCC[C@H]1c1ncc(-c2ccc3c(c2)COc2cc4c(ccc5[nH]c([C@@H]6C[C@@H](COCC7CCC7)CN6C(=O)[C@H](NC(=O)OC)c6ccccc6)nc54)cc2-3)[nH]1)C(C)C. The van der Waals surface area contributed by atoms with Crippen LogP contribution in [0.15, 0.2) is 79.0 Å². The van der Waals surface area contributed by atoms with Crippen molar-refractivity contribution < 1.29 is 38.1 Å². The van der Waals surface area contributed by atoms with Gasteiger partial charge in [-0.2, -0.15) is 0 Å². The van der Waals surface area contributed by atoms with Gasteiger partial charge in [0.05, 0.1) is 55.8 Å². The first-order valence-electron chi connectivity index (χ1n) is 23.8. The lowest BCUT2D eigenvalue weighted by molar-refractivity contribution is -0.136. The zero-order valence-corrected chi connectivity index (χ0v) is 38.9. The van der Waals surface area contributed by atoms with Crippen LogP contribution in [0.4, 0.5) is 9.59 Å². The highest BCUT2D eigenvalue weighted by molar-refractivity contribution is 6.07. The number of imidazole rings is 2. The second kappa shape index (κ2) is 19.0. The number of hydrogen-bond donors (Lipinski definition) is 4. The number of amides is 4. The number of likely N-dealkylation sites (tertiary alicyclic amines) is 2. The first-order valence-corrected chi connectivity index (χ1v) is 23.8. The Labute approximate surface area is 394 Å². The zero-order valence-electron chi connectivity index (χ0n) is 38.9. The summed E-state index contributed by atoms with van der Waals surface area (Å²) in [4.78, 5) is 73.7. The fourth-order valence-electron chi connectivity index (χ4n) is 10.4. The number of aromatic amines is 2. The fraction of sp³-hybridized carbons (Fsp3) is 0.423. The summed E-state index contributed by atoms with van der Waals surface area (Å²) in [5, 5.41) is 7.43. The molecular weight excluding hydrogens is 865 g/mol. The summed E-state index contributed by atoms with van der Waals surface area (Å²) in [7, 11) is 2.58. The van der Waals surface area contributed by atoms with E-state index in [1.165, 1.54) is 33.5 Å². The van der Waals surface area contributed by atoms with E-state index in [-0.39, 0.29) is 35.7 Å². The molecule has 0 spiro atoms. The summed E-state index contributed by atoms with van der Waals surface area (Å²) in [6.45, 7) is 6.47. The minimum Gasteiger partial charge on any atom is -0.488 e. The third kappa shape index (κ3) is 8.72. The Bertz CT molecular complexity index is 2860. The number of alkyl carbamates (subject to hydrolysis) is 2. The molecule has 4 aromatic carbocycles. The van der Waals surface area contributed by atoms with Crippen LogP contribution in [0.2, 0.25) is 0 Å². The molecule has 5 atom stereocenters. The number of methoxy groups -OCH3 is 2. The van der Waals surface area contributed by atoms with Gasteiger partial charge < -0.3 is 49.3 Å². The Kier molecular flexibility index (Phi) is 12.5. The average molecular weight is 923 g/mol. The third-order valence-electron chi connectivity index (χ3n) is 14.3. The number of nitrogens with zero attached hydrogens (tertiary/aromatic N) is 4. The van der Waals surface area contributed by atoms with Gasteiger partial charge in [0.1, 0.15) is 36.1 Å².